The molecule has 3 atom stereocenters. The van der Waals surface area contributed by atoms with Crippen molar-refractivity contribution in [2.24, 2.45) is 5.92 Å². The zero-order chi connectivity index (χ0) is 18.9. The quantitative estimate of drug-likeness (QED) is 0.665. The molecule has 0 spiro atoms. The van der Waals surface area contributed by atoms with Gasteiger partial charge in [0, 0.05) is 11.8 Å². The van der Waals surface area contributed by atoms with Gasteiger partial charge in [-0.15, -0.1) is 0 Å². The Balaban J connectivity index is 1.69. The van der Waals surface area contributed by atoms with E-state index in [1.807, 2.05) is 60.7 Å². The number of carbonyl (C=O) groups is 1. The van der Waals surface area contributed by atoms with Crippen LogP contribution in [-0.2, 0) is 30.3 Å². The van der Waals surface area contributed by atoms with Crippen LogP contribution in [0, 0.1) is 5.92 Å². The Hall–Kier alpha value is -2.21. The van der Waals surface area contributed by atoms with Crippen LogP contribution >= 0.6 is 0 Å². The molecule has 0 amide bonds. The predicted molar refractivity (Wildman–Crippen MR) is 101 cm³/mol. The molecule has 2 aromatic rings. The molecule has 1 aliphatic rings. The van der Waals surface area contributed by atoms with Crippen LogP contribution in [0.3, 0.4) is 0 Å². The highest BCUT2D eigenvalue weighted by molar-refractivity contribution is 5.70. The van der Waals surface area contributed by atoms with Crippen molar-refractivity contribution >= 4 is 5.97 Å². The van der Waals surface area contributed by atoms with Crippen LogP contribution < -0.4 is 0 Å². The van der Waals surface area contributed by atoms with Gasteiger partial charge >= 0.3 is 5.97 Å². The number of rotatable bonds is 8. The monoisotopic (exact) mass is 370 g/mol. The first-order valence-corrected chi connectivity index (χ1v) is 9.20. The smallest absolute Gasteiger partial charge is 0.306 e. The van der Waals surface area contributed by atoms with Gasteiger partial charge in [-0.2, -0.15) is 0 Å². The fourth-order valence-corrected chi connectivity index (χ4v) is 3.44. The number of ether oxygens (including phenoxy) is 4. The molecule has 0 bridgehead atoms. The lowest BCUT2D eigenvalue weighted by Crippen LogP contribution is -2.41. The lowest BCUT2D eigenvalue weighted by Gasteiger charge is -2.36. The first kappa shape index (κ1) is 19.5. The first-order chi connectivity index (χ1) is 13.3. The molecule has 27 heavy (non-hydrogen) atoms. The van der Waals surface area contributed by atoms with Crippen molar-refractivity contribution in [3.63, 3.8) is 0 Å². The molecule has 3 unspecified atom stereocenters. The van der Waals surface area contributed by atoms with E-state index in [1.54, 1.807) is 0 Å². The molecule has 3 rings (SSSR count). The van der Waals surface area contributed by atoms with E-state index in [4.69, 9.17) is 18.9 Å². The fraction of sp³-hybridized carbons (Fsp3) is 0.409. The third kappa shape index (κ3) is 5.63. The molecule has 1 fully saturated rings. The van der Waals surface area contributed by atoms with E-state index < -0.39 is 0 Å². The Morgan fingerprint density at radius 2 is 1.81 bits per heavy atom. The zero-order valence-electron chi connectivity index (χ0n) is 15.6. The fourth-order valence-electron chi connectivity index (χ4n) is 3.44. The van der Waals surface area contributed by atoms with E-state index >= 15 is 0 Å². The number of carbonyl (C=O) groups excluding carboxylic acids is 1. The molecular weight excluding hydrogens is 344 g/mol. The van der Waals surface area contributed by atoms with Crippen molar-refractivity contribution in [1.29, 1.82) is 0 Å². The summed E-state index contributed by atoms with van der Waals surface area (Å²) in [6.45, 7) is 1.75. The highest BCUT2D eigenvalue weighted by Gasteiger charge is 2.36. The number of esters is 1. The van der Waals surface area contributed by atoms with Gasteiger partial charge in [-0.3, -0.25) is 4.79 Å². The van der Waals surface area contributed by atoms with Crippen LogP contribution in [0.2, 0.25) is 0 Å². The van der Waals surface area contributed by atoms with Crippen LogP contribution in [0.15, 0.2) is 60.7 Å². The van der Waals surface area contributed by atoms with Gasteiger partial charge in [0.2, 0.25) is 0 Å². The molecule has 0 aromatic heterocycles. The number of benzene rings is 2. The van der Waals surface area contributed by atoms with Gasteiger partial charge in [0.15, 0.2) is 0 Å². The number of hydrogen-bond donors (Lipinski definition) is 0. The topological polar surface area (TPSA) is 54.0 Å². The molecular formula is C22H26O5. The highest BCUT2D eigenvalue weighted by Crippen LogP contribution is 2.34. The standard InChI is InChI=1S/C22H26O5/c1-24-22(23)12-19(18-10-6-3-7-11-18)20-14-26-16-27-21(20)15-25-13-17-8-4-2-5-9-17/h2-11,19-21H,12-16H2,1H3. The Labute approximate surface area is 160 Å². The summed E-state index contributed by atoms with van der Waals surface area (Å²) in [5.74, 6) is -0.279. The van der Waals surface area contributed by atoms with E-state index in [-0.39, 0.29) is 37.1 Å². The minimum absolute atomic E-state index is 0.0102. The van der Waals surface area contributed by atoms with E-state index in [9.17, 15) is 4.79 Å². The van der Waals surface area contributed by atoms with Crippen molar-refractivity contribution < 1.29 is 23.7 Å². The van der Waals surface area contributed by atoms with Crippen molar-refractivity contribution in [2.45, 2.75) is 25.0 Å². The normalized spacial score (nSPS) is 20.8. The van der Waals surface area contributed by atoms with Crippen molar-refractivity contribution in [3.05, 3.63) is 71.8 Å². The minimum atomic E-state index is -0.238. The van der Waals surface area contributed by atoms with Crippen molar-refractivity contribution in [1.82, 2.24) is 0 Å². The molecule has 144 valence electrons. The van der Waals surface area contributed by atoms with E-state index in [1.165, 1.54) is 7.11 Å². The van der Waals surface area contributed by atoms with Gasteiger partial charge in [0.1, 0.15) is 6.79 Å². The summed E-state index contributed by atoms with van der Waals surface area (Å²) in [6, 6.07) is 20.0. The van der Waals surface area contributed by atoms with Gasteiger partial charge in [-0.25, -0.2) is 0 Å². The summed E-state index contributed by atoms with van der Waals surface area (Å²) in [7, 11) is 1.42. The Bertz CT molecular complexity index is 688. The first-order valence-electron chi connectivity index (χ1n) is 9.20. The van der Waals surface area contributed by atoms with Crippen LogP contribution in [0.4, 0.5) is 0 Å². The molecule has 5 heteroatoms. The Kier molecular flexibility index (Phi) is 7.39. The second-order valence-corrected chi connectivity index (χ2v) is 6.66. The van der Waals surface area contributed by atoms with E-state index in [2.05, 4.69) is 0 Å². The van der Waals surface area contributed by atoms with Gasteiger partial charge in [-0.05, 0) is 11.1 Å². The molecule has 0 saturated carbocycles. The number of methoxy groups -OCH3 is 1. The van der Waals surface area contributed by atoms with Crippen molar-refractivity contribution in [2.75, 3.05) is 27.1 Å². The molecule has 5 nitrogen and oxygen atoms in total. The predicted octanol–water partition coefficient (Wildman–Crippen LogP) is 3.54. The zero-order valence-corrected chi connectivity index (χ0v) is 15.6. The lowest BCUT2D eigenvalue weighted by atomic mass is 9.80. The Morgan fingerprint density at radius 1 is 1.11 bits per heavy atom. The third-order valence-corrected chi connectivity index (χ3v) is 4.91. The van der Waals surface area contributed by atoms with Crippen LogP contribution in [0.1, 0.15) is 23.5 Å². The maximum Gasteiger partial charge on any atom is 0.306 e. The van der Waals surface area contributed by atoms with Gasteiger partial charge in [0.05, 0.1) is 39.5 Å². The summed E-state index contributed by atoms with van der Waals surface area (Å²) in [6.07, 6.45) is 0.143. The average Bonchev–Trinajstić information content (AvgIpc) is 2.74. The highest BCUT2D eigenvalue weighted by atomic mass is 16.7. The SMILES string of the molecule is COC(=O)CC(c1ccccc1)C1COCOC1COCc1ccccc1. The summed E-state index contributed by atoms with van der Waals surface area (Å²) in [5, 5.41) is 0. The molecule has 1 aliphatic heterocycles. The van der Waals surface area contributed by atoms with Crippen LogP contribution in [0.5, 0.6) is 0 Å². The van der Waals surface area contributed by atoms with Crippen molar-refractivity contribution in [3.8, 4) is 0 Å². The molecule has 1 heterocycles. The number of hydrogen-bond acceptors (Lipinski definition) is 5. The summed E-state index contributed by atoms with van der Waals surface area (Å²) >= 11 is 0. The van der Waals surface area contributed by atoms with Crippen LogP contribution in [-0.4, -0.2) is 39.2 Å². The summed E-state index contributed by atoms with van der Waals surface area (Å²) in [5.41, 5.74) is 2.20. The largest absolute Gasteiger partial charge is 0.469 e. The van der Waals surface area contributed by atoms with Gasteiger partial charge in [-0.1, -0.05) is 60.7 Å². The maximum atomic E-state index is 12.0. The second-order valence-electron chi connectivity index (χ2n) is 6.66. The summed E-state index contributed by atoms with van der Waals surface area (Å²) < 4.78 is 22.2. The average molecular weight is 370 g/mol. The molecule has 0 aliphatic carbocycles. The van der Waals surface area contributed by atoms with E-state index in [0.29, 0.717) is 19.8 Å². The van der Waals surface area contributed by atoms with Gasteiger partial charge < -0.3 is 18.9 Å². The third-order valence-electron chi connectivity index (χ3n) is 4.91. The molecule has 0 radical (unpaired) electrons. The Morgan fingerprint density at radius 3 is 2.52 bits per heavy atom. The lowest BCUT2D eigenvalue weighted by molar-refractivity contribution is -0.192. The second kappa shape index (κ2) is 10.2. The van der Waals surface area contributed by atoms with Crippen LogP contribution in [0.25, 0.3) is 0 Å². The molecule has 1 saturated heterocycles. The molecule has 0 N–H and O–H groups in total. The molecule has 2 aromatic carbocycles. The van der Waals surface area contributed by atoms with Gasteiger partial charge in [0.25, 0.3) is 0 Å². The van der Waals surface area contributed by atoms with E-state index in [0.717, 1.165) is 11.1 Å². The minimum Gasteiger partial charge on any atom is -0.469 e. The maximum absolute atomic E-state index is 12.0. The summed E-state index contributed by atoms with van der Waals surface area (Å²) in [4.78, 5) is 12.0.